The number of nitrogens with one attached hydrogen (secondary N) is 1. The first-order valence-corrected chi connectivity index (χ1v) is 9.13. The van der Waals surface area contributed by atoms with Gasteiger partial charge in [0.1, 0.15) is 35.6 Å². The Morgan fingerprint density at radius 1 is 1.20 bits per heavy atom. The molecule has 0 bridgehead atoms. The Labute approximate surface area is 171 Å². The molecule has 1 aliphatic rings. The SMILES string of the molecule is CC(=O)c1ccc(OC[C@H](O)CN2C(=O)N[C@@](C)(c3cc(F)ccc3F)C2=O)cc1. The van der Waals surface area contributed by atoms with Gasteiger partial charge in [-0.15, -0.1) is 0 Å². The summed E-state index contributed by atoms with van der Waals surface area (Å²) in [6.07, 6.45) is -1.23. The molecule has 2 atom stereocenters. The fraction of sp³-hybridized carbons (Fsp3) is 0.286. The zero-order valence-electron chi connectivity index (χ0n) is 16.3. The minimum atomic E-state index is -1.80. The number of benzene rings is 2. The second-order valence-corrected chi connectivity index (χ2v) is 7.14. The van der Waals surface area contributed by atoms with Crippen molar-refractivity contribution in [1.82, 2.24) is 10.2 Å². The second kappa shape index (κ2) is 8.19. The van der Waals surface area contributed by atoms with Gasteiger partial charge in [0.15, 0.2) is 5.78 Å². The van der Waals surface area contributed by atoms with E-state index in [1.54, 1.807) is 24.3 Å². The molecule has 1 aliphatic heterocycles. The number of β-amino-alcohol motifs (C(OH)–C–C–N with tert-alkyl or cyclic N) is 1. The summed E-state index contributed by atoms with van der Waals surface area (Å²) in [6, 6.07) is 8.05. The normalized spacial score (nSPS) is 19.6. The zero-order chi connectivity index (χ0) is 22.1. The quantitative estimate of drug-likeness (QED) is 0.532. The minimum absolute atomic E-state index is 0.0991. The molecule has 30 heavy (non-hydrogen) atoms. The van der Waals surface area contributed by atoms with Crippen molar-refractivity contribution in [3.8, 4) is 5.75 Å². The molecule has 0 aromatic heterocycles. The third-order valence-corrected chi connectivity index (χ3v) is 4.84. The van der Waals surface area contributed by atoms with Gasteiger partial charge in [-0.1, -0.05) is 0 Å². The Hall–Kier alpha value is -3.33. The van der Waals surface area contributed by atoms with E-state index in [1.807, 2.05) is 0 Å². The number of hydrogen-bond acceptors (Lipinski definition) is 5. The van der Waals surface area contributed by atoms with Crippen molar-refractivity contribution in [2.24, 2.45) is 0 Å². The van der Waals surface area contributed by atoms with Gasteiger partial charge in [-0.05, 0) is 56.3 Å². The maximum absolute atomic E-state index is 14.2. The van der Waals surface area contributed by atoms with Gasteiger partial charge in [-0.25, -0.2) is 13.6 Å². The maximum Gasteiger partial charge on any atom is 0.325 e. The number of amides is 3. The number of aliphatic hydroxyl groups is 1. The maximum atomic E-state index is 14.2. The summed E-state index contributed by atoms with van der Waals surface area (Å²) in [7, 11) is 0. The summed E-state index contributed by atoms with van der Waals surface area (Å²) in [6.45, 7) is 2.07. The van der Waals surface area contributed by atoms with E-state index >= 15 is 0 Å². The number of ketones is 1. The van der Waals surface area contributed by atoms with Crippen LogP contribution in [-0.2, 0) is 10.3 Å². The molecule has 0 radical (unpaired) electrons. The second-order valence-electron chi connectivity index (χ2n) is 7.14. The Bertz CT molecular complexity index is 995. The molecule has 2 aromatic rings. The van der Waals surface area contributed by atoms with Crippen LogP contribution in [0.5, 0.6) is 5.75 Å². The minimum Gasteiger partial charge on any atom is -0.491 e. The average Bonchev–Trinajstić information content (AvgIpc) is 2.92. The fourth-order valence-electron chi connectivity index (χ4n) is 3.17. The van der Waals surface area contributed by atoms with Gasteiger partial charge in [0.05, 0.1) is 6.54 Å². The van der Waals surface area contributed by atoms with Crippen molar-refractivity contribution in [3.05, 3.63) is 65.2 Å². The molecular weight excluding hydrogens is 398 g/mol. The Balaban J connectivity index is 1.66. The van der Waals surface area contributed by atoms with Gasteiger partial charge in [0.25, 0.3) is 5.91 Å². The number of ether oxygens (including phenoxy) is 1. The highest BCUT2D eigenvalue weighted by Crippen LogP contribution is 2.31. The summed E-state index contributed by atoms with van der Waals surface area (Å²) in [5, 5.41) is 12.6. The molecule has 9 heteroatoms. The molecule has 0 unspecified atom stereocenters. The van der Waals surface area contributed by atoms with Crippen LogP contribution in [-0.4, -0.2) is 47.0 Å². The van der Waals surface area contributed by atoms with Crippen molar-refractivity contribution in [1.29, 1.82) is 0 Å². The van der Waals surface area contributed by atoms with Crippen molar-refractivity contribution in [2.75, 3.05) is 13.2 Å². The van der Waals surface area contributed by atoms with Crippen LogP contribution in [0.1, 0.15) is 29.8 Å². The number of urea groups is 1. The van der Waals surface area contributed by atoms with E-state index in [0.29, 0.717) is 11.3 Å². The highest BCUT2D eigenvalue weighted by atomic mass is 19.1. The van der Waals surface area contributed by atoms with Crippen molar-refractivity contribution >= 4 is 17.7 Å². The lowest BCUT2D eigenvalue weighted by Crippen LogP contribution is -2.43. The number of aliphatic hydroxyl groups excluding tert-OH is 1. The number of halogens is 2. The smallest absolute Gasteiger partial charge is 0.325 e. The summed E-state index contributed by atoms with van der Waals surface area (Å²) in [5.74, 6) is -2.12. The van der Waals surface area contributed by atoms with Crippen LogP contribution < -0.4 is 10.1 Å². The van der Waals surface area contributed by atoms with Crippen molar-refractivity contribution in [3.63, 3.8) is 0 Å². The molecule has 1 saturated heterocycles. The topological polar surface area (TPSA) is 95.9 Å². The van der Waals surface area contributed by atoms with Crippen LogP contribution >= 0.6 is 0 Å². The standard InChI is InChI=1S/C21H20F2N2O5/c1-12(26)13-3-6-16(7-4-13)30-11-15(27)10-25-19(28)21(2,24-20(25)29)17-9-14(22)5-8-18(17)23/h3-9,15,27H,10-11H2,1-2H3,(H,24,29)/t15-,21+/m1/s1. The van der Waals surface area contributed by atoms with E-state index in [-0.39, 0.29) is 18.0 Å². The number of hydrogen-bond donors (Lipinski definition) is 2. The number of imide groups is 1. The Kier molecular flexibility index (Phi) is 5.84. The molecule has 0 aliphatic carbocycles. The summed E-state index contributed by atoms with van der Waals surface area (Å²) >= 11 is 0. The summed E-state index contributed by atoms with van der Waals surface area (Å²) in [4.78, 5) is 37.1. The third kappa shape index (κ3) is 4.16. The van der Waals surface area contributed by atoms with Crippen LogP contribution in [0, 0.1) is 11.6 Å². The molecule has 1 heterocycles. The lowest BCUT2D eigenvalue weighted by Gasteiger charge is -2.23. The fourth-order valence-corrected chi connectivity index (χ4v) is 3.17. The first kappa shape index (κ1) is 21.4. The molecule has 1 fully saturated rings. The van der Waals surface area contributed by atoms with Crippen LogP contribution in [0.2, 0.25) is 0 Å². The van der Waals surface area contributed by atoms with E-state index in [0.717, 1.165) is 23.1 Å². The van der Waals surface area contributed by atoms with Crippen LogP contribution in [0.4, 0.5) is 13.6 Å². The van der Waals surface area contributed by atoms with Crippen LogP contribution in [0.25, 0.3) is 0 Å². The molecule has 2 aromatic carbocycles. The molecule has 3 amide bonds. The van der Waals surface area contributed by atoms with Crippen molar-refractivity contribution < 1.29 is 33.0 Å². The highest BCUT2D eigenvalue weighted by Gasteiger charge is 2.50. The molecule has 7 nitrogen and oxygen atoms in total. The lowest BCUT2D eigenvalue weighted by molar-refractivity contribution is -0.132. The van der Waals surface area contributed by atoms with Gasteiger partial charge in [-0.3, -0.25) is 14.5 Å². The molecule has 0 spiro atoms. The third-order valence-electron chi connectivity index (χ3n) is 4.84. The average molecular weight is 418 g/mol. The van der Waals surface area contributed by atoms with Gasteiger partial charge < -0.3 is 15.2 Å². The molecule has 3 rings (SSSR count). The highest BCUT2D eigenvalue weighted by molar-refractivity contribution is 6.07. The Morgan fingerprint density at radius 3 is 2.50 bits per heavy atom. The number of carbonyl (C=O) groups excluding carboxylic acids is 3. The zero-order valence-corrected chi connectivity index (χ0v) is 16.3. The molecule has 158 valence electrons. The first-order valence-electron chi connectivity index (χ1n) is 9.13. The van der Waals surface area contributed by atoms with Crippen LogP contribution in [0.3, 0.4) is 0 Å². The van der Waals surface area contributed by atoms with E-state index in [2.05, 4.69) is 5.32 Å². The number of Topliss-reactive ketones (excluding diaryl/α,β-unsaturated/α-hetero) is 1. The number of nitrogens with zero attached hydrogens (tertiary/aromatic N) is 1. The van der Waals surface area contributed by atoms with Gasteiger partial charge in [0, 0.05) is 11.1 Å². The predicted octanol–water partition coefficient (Wildman–Crippen LogP) is 2.37. The van der Waals surface area contributed by atoms with E-state index < -0.39 is 41.8 Å². The number of rotatable bonds is 7. The predicted molar refractivity (Wildman–Crippen MR) is 102 cm³/mol. The van der Waals surface area contributed by atoms with E-state index in [4.69, 9.17) is 4.74 Å². The molecule has 2 N–H and O–H groups in total. The van der Waals surface area contributed by atoms with Gasteiger partial charge >= 0.3 is 6.03 Å². The monoisotopic (exact) mass is 418 g/mol. The molecular formula is C21H20F2N2O5. The summed E-state index contributed by atoms with van der Waals surface area (Å²) in [5.41, 5.74) is -1.60. The summed E-state index contributed by atoms with van der Waals surface area (Å²) < 4.78 is 33.1. The largest absolute Gasteiger partial charge is 0.491 e. The van der Waals surface area contributed by atoms with Crippen molar-refractivity contribution in [2.45, 2.75) is 25.5 Å². The first-order chi connectivity index (χ1) is 14.1. The van der Waals surface area contributed by atoms with E-state index in [1.165, 1.54) is 13.8 Å². The van der Waals surface area contributed by atoms with E-state index in [9.17, 15) is 28.3 Å². The molecule has 0 saturated carbocycles. The van der Waals surface area contributed by atoms with Gasteiger partial charge in [0.2, 0.25) is 0 Å². The van der Waals surface area contributed by atoms with Gasteiger partial charge in [-0.2, -0.15) is 0 Å². The lowest BCUT2D eigenvalue weighted by atomic mass is 9.91. The Morgan fingerprint density at radius 2 is 1.87 bits per heavy atom. The number of carbonyl (C=O) groups is 3. The van der Waals surface area contributed by atoms with Crippen LogP contribution in [0.15, 0.2) is 42.5 Å².